The lowest BCUT2D eigenvalue weighted by atomic mass is 9.86. The van der Waals surface area contributed by atoms with Crippen molar-refractivity contribution in [3.05, 3.63) is 76.6 Å². The molecule has 0 unspecified atom stereocenters. The van der Waals surface area contributed by atoms with Gasteiger partial charge in [-0.05, 0) is 37.0 Å². The van der Waals surface area contributed by atoms with E-state index in [1.54, 1.807) is 36.4 Å². The van der Waals surface area contributed by atoms with Crippen molar-refractivity contribution in [3.63, 3.8) is 0 Å². The molecule has 4 heteroatoms. The molecule has 0 atom stereocenters. The van der Waals surface area contributed by atoms with Gasteiger partial charge in [0, 0.05) is 16.7 Å². The van der Waals surface area contributed by atoms with Gasteiger partial charge in [-0.3, -0.25) is 9.59 Å². The summed E-state index contributed by atoms with van der Waals surface area (Å²) in [6, 6.07) is 12.7. The summed E-state index contributed by atoms with van der Waals surface area (Å²) in [6.45, 7) is 0. The van der Waals surface area contributed by atoms with Gasteiger partial charge in [0.15, 0.2) is 0 Å². The number of rotatable bonds is 4. The second kappa shape index (κ2) is 6.16. The first-order chi connectivity index (χ1) is 11.1. The maximum Gasteiger partial charge on any atom is 0.234 e. The molecule has 1 N–H and O–H groups in total. The monoisotopic (exact) mass is 310 g/mol. The van der Waals surface area contributed by atoms with Crippen LogP contribution in [0.4, 0.5) is 4.39 Å². The van der Waals surface area contributed by atoms with Gasteiger partial charge >= 0.3 is 0 Å². The van der Waals surface area contributed by atoms with Crippen LogP contribution in [-0.4, -0.2) is 16.7 Å². The van der Waals surface area contributed by atoms with Crippen molar-refractivity contribution in [1.29, 1.82) is 0 Å². The molecule has 3 rings (SSSR count). The highest BCUT2D eigenvalue weighted by atomic mass is 19.1. The number of halogens is 1. The first kappa shape index (κ1) is 15.2. The number of carbonyl (C=O) groups excluding carboxylic acids is 2. The van der Waals surface area contributed by atoms with Crippen molar-refractivity contribution in [1.82, 2.24) is 0 Å². The molecule has 0 fully saturated rings. The lowest BCUT2D eigenvalue weighted by molar-refractivity contribution is -0.112. The molecule has 0 aromatic heterocycles. The normalized spacial score (nSPS) is 14.1. The van der Waals surface area contributed by atoms with Gasteiger partial charge in [0.1, 0.15) is 11.6 Å². The molecule has 1 aliphatic rings. The standard InChI is InChI=1S/C19H15FO3/c20-13-10-8-12(9-11-13)4-3-7-16-17(21)14-5-1-2-6-15(14)18(22)19(16)23/h1-2,5-6,8-11,21H,3-4,7H2. The number of hydrogen-bond acceptors (Lipinski definition) is 3. The van der Waals surface area contributed by atoms with E-state index in [2.05, 4.69) is 0 Å². The summed E-state index contributed by atoms with van der Waals surface area (Å²) in [7, 11) is 0. The number of aryl methyl sites for hydroxylation is 1. The minimum atomic E-state index is -0.639. The van der Waals surface area contributed by atoms with E-state index in [9.17, 15) is 19.1 Å². The average Bonchev–Trinajstić information content (AvgIpc) is 2.57. The van der Waals surface area contributed by atoms with Crippen molar-refractivity contribution in [2.75, 3.05) is 0 Å². The quantitative estimate of drug-likeness (QED) is 0.872. The third-order valence-electron chi connectivity index (χ3n) is 4.00. The summed E-state index contributed by atoms with van der Waals surface area (Å²) in [5.41, 5.74) is 1.77. The largest absolute Gasteiger partial charge is 0.507 e. The number of carbonyl (C=O) groups is 2. The van der Waals surface area contributed by atoms with Gasteiger partial charge in [-0.25, -0.2) is 4.39 Å². The zero-order chi connectivity index (χ0) is 16.4. The van der Waals surface area contributed by atoms with E-state index < -0.39 is 11.6 Å². The topological polar surface area (TPSA) is 54.4 Å². The van der Waals surface area contributed by atoms with Gasteiger partial charge in [0.25, 0.3) is 0 Å². The molecule has 0 saturated heterocycles. The van der Waals surface area contributed by atoms with Crippen LogP contribution in [0.25, 0.3) is 5.76 Å². The summed E-state index contributed by atoms with van der Waals surface area (Å²) in [5, 5.41) is 10.3. The summed E-state index contributed by atoms with van der Waals surface area (Å²) < 4.78 is 12.9. The van der Waals surface area contributed by atoms with Crippen molar-refractivity contribution < 1.29 is 19.1 Å². The zero-order valence-corrected chi connectivity index (χ0v) is 12.4. The molecule has 2 aromatic rings. The molecule has 0 amide bonds. The summed E-state index contributed by atoms with van der Waals surface area (Å²) in [4.78, 5) is 24.3. The first-order valence-electron chi connectivity index (χ1n) is 7.43. The number of ketones is 2. The third kappa shape index (κ3) is 2.93. The molecule has 0 saturated carbocycles. The van der Waals surface area contributed by atoms with Gasteiger partial charge in [0.2, 0.25) is 11.6 Å². The van der Waals surface area contributed by atoms with E-state index in [-0.39, 0.29) is 22.7 Å². The predicted octanol–water partition coefficient (Wildman–Crippen LogP) is 3.88. The number of aliphatic hydroxyl groups excluding tert-OH is 1. The van der Waals surface area contributed by atoms with Gasteiger partial charge < -0.3 is 5.11 Å². The lowest BCUT2D eigenvalue weighted by Crippen LogP contribution is -2.24. The van der Waals surface area contributed by atoms with Crippen LogP contribution in [0.2, 0.25) is 0 Å². The Hall–Kier alpha value is -2.75. The smallest absolute Gasteiger partial charge is 0.234 e. The molecule has 0 heterocycles. The Kier molecular flexibility index (Phi) is 4.06. The van der Waals surface area contributed by atoms with Gasteiger partial charge in [-0.2, -0.15) is 0 Å². The fourth-order valence-corrected chi connectivity index (χ4v) is 2.77. The van der Waals surface area contributed by atoms with Crippen molar-refractivity contribution >= 4 is 17.3 Å². The minimum Gasteiger partial charge on any atom is -0.507 e. The molecule has 1 aliphatic carbocycles. The van der Waals surface area contributed by atoms with Crippen molar-refractivity contribution in [2.45, 2.75) is 19.3 Å². The molecule has 3 nitrogen and oxygen atoms in total. The highest BCUT2D eigenvalue weighted by Crippen LogP contribution is 2.30. The number of aliphatic hydroxyl groups is 1. The summed E-state index contributed by atoms with van der Waals surface area (Å²) >= 11 is 0. The maximum atomic E-state index is 12.9. The van der Waals surface area contributed by atoms with E-state index in [0.29, 0.717) is 24.8 Å². The van der Waals surface area contributed by atoms with Crippen LogP contribution >= 0.6 is 0 Å². The number of Topliss-reactive ketones (excluding diaryl/α,β-unsaturated/α-hetero) is 2. The van der Waals surface area contributed by atoms with E-state index in [1.165, 1.54) is 12.1 Å². The Morgan fingerprint density at radius 3 is 2.17 bits per heavy atom. The molecule has 116 valence electrons. The molecule has 0 bridgehead atoms. The van der Waals surface area contributed by atoms with Crippen LogP contribution in [0.15, 0.2) is 54.1 Å². The second-order valence-corrected chi connectivity index (χ2v) is 5.51. The summed E-state index contributed by atoms with van der Waals surface area (Å²) in [6.07, 6.45) is 1.54. The van der Waals surface area contributed by atoms with Crippen LogP contribution in [-0.2, 0) is 11.2 Å². The van der Waals surface area contributed by atoms with E-state index >= 15 is 0 Å². The van der Waals surface area contributed by atoms with Crippen molar-refractivity contribution in [2.24, 2.45) is 0 Å². The molecule has 0 aliphatic heterocycles. The Labute approximate surface area is 133 Å². The second-order valence-electron chi connectivity index (χ2n) is 5.51. The van der Waals surface area contributed by atoms with Crippen LogP contribution in [0.1, 0.15) is 34.3 Å². The Morgan fingerprint density at radius 2 is 1.48 bits per heavy atom. The number of hydrogen-bond donors (Lipinski definition) is 1. The van der Waals surface area contributed by atoms with Crippen LogP contribution < -0.4 is 0 Å². The minimum absolute atomic E-state index is 0.107. The molecular formula is C19H15FO3. The molecule has 0 spiro atoms. The number of allylic oxidation sites excluding steroid dienone is 1. The SMILES string of the molecule is O=C1C(=O)c2ccccc2C(O)=C1CCCc1ccc(F)cc1. The van der Waals surface area contributed by atoms with Crippen molar-refractivity contribution in [3.8, 4) is 0 Å². The van der Waals surface area contributed by atoms with Crippen LogP contribution in [0, 0.1) is 5.82 Å². The Bertz CT molecular complexity index is 804. The van der Waals surface area contributed by atoms with Crippen LogP contribution in [0.3, 0.4) is 0 Å². The summed E-state index contributed by atoms with van der Waals surface area (Å²) in [5.74, 6) is -1.61. The predicted molar refractivity (Wildman–Crippen MR) is 84.7 cm³/mol. The number of fused-ring (bicyclic) bond motifs is 1. The fraction of sp³-hybridized carbons (Fsp3) is 0.158. The first-order valence-corrected chi connectivity index (χ1v) is 7.43. The molecule has 0 radical (unpaired) electrons. The molecule has 2 aromatic carbocycles. The highest BCUT2D eigenvalue weighted by Gasteiger charge is 2.31. The number of benzene rings is 2. The van der Waals surface area contributed by atoms with E-state index in [4.69, 9.17) is 0 Å². The highest BCUT2D eigenvalue weighted by molar-refractivity contribution is 6.52. The Balaban J connectivity index is 1.78. The van der Waals surface area contributed by atoms with Gasteiger partial charge in [0.05, 0.1) is 0 Å². The van der Waals surface area contributed by atoms with E-state index in [1.807, 2.05) is 0 Å². The van der Waals surface area contributed by atoms with Gasteiger partial charge in [-0.1, -0.05) is 36.4 Å². The molecule has 23 heavy (non-hydrogen) atoms. The zero-order valence-electron chi connectivity index (χ0n) is 12.4. The van der Waals surface area contributed by atoms with Gasteiger partial charge in [-0.15, -0.1) is 0 Å². The van der Waals surface area contributed by atoms with Crippen LogP contribution in [0.5, 0.6) is 0 Å². The van der Waals surface area contributed by atoms with E-state index in [0.717, 1.165) is 5.56 Å². The average molecular weight is 310 g/mol. The Morgan fingerprint density at radius 1 is 0.826 bits per heavy atom. The molecular weight excluding hydrogens is 295 g/mol. The maximum absolute atomic E-state index is 12.9. The fourth-order valence-electron chi connectivity index (χ4n) is 2.77. The third-order valence-corrected chi connectivity index (χ3v) is 4.00. The lowest BCUT2D eigenvalue weighted by Gasteiger charge is -2.17.